The van der Waals surface area contributed by atoms with Gasteiger partial charge in [0.15, 0.2) is 0 Å². The molecule has 0 amide bonds. The van der Waals surface area contributed by atoms with Crippen molar-refractivity contribution in [3.63, 3.8) is 0 Å². The van der Waals surface area contributed by atoms with Crippen LogP contribution in [0.3, 0.4) is 0 Å². The maximum atomic E-state index is 4.46. The average molecular weight is 245 g/mol. The number of rotatable bonds is 4. The first kappa shape index (κ1) is 10.8. The van der Waals surface area contributed by atoms with Gasteiger partial charge in [0.2, 0.25) is 0 Å². The summed E-state index contributed by atoms with van der Waals surface area (Å²) >= 11 is 3.52. The molecule has 0 aromatic carbocycles. The number of aromatic nitrogens is 2. The second-order valence-electron chi connectivity index (χ2n) is 4.14. The highest BCUT2D eigenvalue weighted by atomic mass is 79.9. The van der Waals surface area contributed by atoms with E-state index >= 15 is 0 Å². The predicted molar refractivity (Wildman–Crippen MR) is 59.2 cm³/mol. The molecular weight excluding hydrogens is 228 g/mol. The third-order valence-electron chi connectivity index (χ3n) is 2.04. The topological polar surface area (TPSA) is 17.8 Å². The molecule has 0 aliphatic carbocycles. The molecular formula is C10H17BrN2. The maximum absolute atomic E-state index is 4.46. The zero-order valence-electron chi connectivity index (χ0n) is 8.55. The molecule has 0 saturated heterocycles. The molecule has 0 spiro atoms. The van der Waals surface area contributed by atoms with E-state index in [4.69, 9.17) is 0 Å². The van der Waals surface area contributed by atoms with Gasteiger partial charge in [-0.15, -0.1) is 0 Å². The number of hydrogen-bond donors (Lipinski definition) is 0. The number of halogens is 1. The van der Waals surface area contributed by atoms with Crippen LogP contribution in [0.1, 0.15) is 26.5 Å². The van der Waals surface area contributed by atoms with Crippen LogP contribution in [-0.4, -0.2) is 15.1 Å². The molecule has 0 saturated carbocycles. The average Bonchev–Trinajstić information content (AvgIpc) is 2.52. The number of hydrogen-bond acceptors (Lipinski definition) is 1. The Morgan fingerprint density at radius 3 is 2.69 bits per heavy atom. The summed E-state index contributed by atoms with van der Waals surface area (Å²) in [5.74, 6) is 0. The second-order valence-corrected chi connectivity index (χ2v) is 4.70. The van der Waals surface area contributed by atoms with Gasteiger partial charge >= 0.3 is 0 Å². The monoisotopic (exact) mass is 244 g/mol. The van der Waals surface area contributed by atoms with Gasteiger partial charge in [-0.05, 0) is 24.8 Å². The van der Waals surface area contributed by atoms with Gasteiger partial charge in [0.05, 0.1) is 5.69 Å². The van der Waals surface area contributed by atoms with Crippen LogP contribution >= 0.6 is 15.9 Å². The molecule has 0 radical (unpaired) electrons. The van der Waals surface area contributed by atoms with Crippen LogP contribution in [-0.2, 0) is 13.0 Å². The van der Waals surface area contributed by atoms with Crippen molar-refractivity contribution < 1.29 is 0 Å². The van der Waals surface area contributed by atoms with Gasteiger partial charge in [0.1, 0.15) is 0 Å². The van der Waals surface area contributed by atoms with Crippen molar-refractivity contribution >= 4 is 15.9 Å². The van der Waals surface area contributed by atoms with Gasteiger partial charge in [-0.2, -0.15) is 5.10 Å². The second kappa shape index (κ2) is 4.27. The van der Waals surface area contributed by atoms with Crippen LogP contribution in [0.25, 0.3) is 0 Å². The van der Waals surface area contributed by atoms with E-state index in [1.54, 1.807) is 0 Å². The van der Waals surface area contributed by atoms with Crippen LogP contribution < -0.4 is 0 Å². The van der Waals surface area contributed by atoms with Crippen molar-refractivity contribution in [1.29, 1.82) is 0 Å². The van der Waals surface area contributed by atoms with Crippen LogP contribution in [0.15, 0.2) is 12.3 Å². The quantitative estimate of drug-likeness (QED) is 0.746. The van der Waals surface area contributed by atoms with Crippen LogP contribution in [0.4, 0.5) is 0 Å². The molecule has 1 aromatic heterocycles. The summed E-state index contributed by atoms with van der Waals surface area (Å²) in [4.78, 5) is 0. The SMILES string of the molecule is CCn1ccc(CC(C)(C)CBr)n1. The molecule has 0 fully saturated rings. The Balaban J connectivity index is 2.63. The minimum absolute atomic E-state index is 0.299. The van der Waals surface area contributed by atoms with E-state index in [1.807, 2.05) is 10.9 Å². The maximum Gasteiger partial charge on any atom is 0.0630 e. The van der Waals surface area contributed by atoms with Gasteiger partial charge in [0.25, 0.3) is 0 Å². The molecule has 13 heavy (non-hydrogen) atoms. The summed E-state index contributed by atoms with van der Waals surface area (Å²) in [5, 5.41) is 5.47. The first-order valence-corrected chi connectivity index (χ1v) is 5.78. The van der Waals surface area contributed by atoms with Crippen molar-refractivity contribution in [3.8, 4) is 0 Å². The lowest BCUT2D eigenvalue weighted by molar-refractivity contribution is 0.416. The summed E-state index contributed by atoms with van der Waals surface area (Å²) in [6.45, 7) is 7.54. The predicted octanol–water partition coefficient (Wildman–Crippen LogP) is 2.87. The van der Waals surface area contributed by atoms with E-state index in [0.717, 1.165) is 18.3 Å². The molecule has 0 aliphatic heterocycles. The summed E-state index contributed by atoms with van der Waals surface area (Å²) in [6.07, 6.45) is 3.07. The fraction of sp³-hybridized carbons (Fsp3) is 0.700. The molecule has 0 atom stereocenters. The normalized spacial score (nSPS) is 12.0. The van der Waals surface area contributed by atoms with Crippen LogP contribution in [0.2, 0.25) is 0 Å². The molecule has 1 heterocycles. The van der Waals surface area contributed by atoms with Gasteiger partial charge < -0.3 is 0 Å². The van der Waals surface area contributed by atoms with E-state index < -0.39 is 0 Å². The van der Waals surface area contributed by atoms with E-state index in [-0.39, 0.29) is 0 Å². The fourth-order valence-electron chi connectivity index (χ4n) is 1.21. The minimum atomic E-state index is 0.299. The van der Waals surface area contributed by atoms with Gasteiger partial charge in [-0.25, -0.2) is 0 Å². The lowest BCUT2D eigenvalue weighted by Gasteiger charge is -2.19. The van der Waals surface area contributed by atoms with Crippen LogP contribution in [0, 0.1) is 5.41 Å². The standard InChI is InChI=1S/C10H17BrN2/c1-4-13-6-5-9(12-13)7-10(2,3)8-11/h5-6H,4,7-8H2,1-3H3. The molecule has 0 bridgehead atoms. The largest absolute Gasteiger partial charge is 0.273 e. The van der Waals surface area contributed by atoms with Crippen molar-refractivity contribution in [3.05, 3.63) is 18.0 Å². The summed E-state index contributed by atoms with van der Waals surface area (Å²) < 4.78 is 1.97. The van der Waals surface area contributed by atoms with E-state index in [9.17, 15) is 0 Å². The fourth-order valence-corrected chi connectivity index (χ4v) is 1.41. The van der Waals surface area contributed by atoms with Gasteiger partial charge in [0, 0.05) is 18.1 Å². The molecule has 2 nitrogen and oxygen atoms in total. The molecule has 74 valence electrons. The summed E-state index contributed by atoms with van der Waals surface area (Å²) in [5.41, 5.74) is 1.48. The Kier molecular flexibility index (Phi) is 3.54. The van der Waals surface area contributed by atoms with Crippen molar-refractivity contribution in [2.45, 2.75) is 33.7 Å². The third kappa shape index (κ3) is 3.14. The van der Waals surface area contributed by atoms with Gasteiger partial charge in [-0.1, -0.05) is 29.8 Å². The first-order chi connectivity index (χ1) is 6.07. The molecule has 1 aromatic rings. The minimum Gasteiger partial charge on any atom is -0.273 e. The summed E-state index contributed by atoms with van der Waals surface area (Å²) in [7, 11) is 0. The molecule has 1 rings (SSSR count). The number of aryl methyl sites for hydroxylation is 1. The lowest BCUT2D eigenvalue weighted by atomic mass is 9.91. The van der Waals surface area contributed by atoms with Crippen molar-refractivity contribution in [2.24, 2.45) is 5.41 Å². The Morgan fingerprint density at radius 1 is 1.54 bits per heavy atom. The van der Waals surface area contributed by atoms with E-state index in [2.05, 4.69) is 47.9 Å². The van der Waals surface area contributed by atoms with Crippen molar-refractivity contribution in [1.82, 2.24) is 9.78 Å². The highest BCUT2D eigenvalue weighted by Gasteiger charge is 2.17. The van der Waals surface area contributed by atoms with E-state index in [0.29, 0.717) is 5.41 Å². The first-order valence-electron chi connectivity index (χ1n) is 4.66. The Labute approximate surface area is 88.5 Å². The van der Waals surface area contributed by atoms with E-state index in [1.165, 1.54) is 5.69 Å². The number of nitrogens with zero attached hydrogens (tertiary/aromatic N) is 2. The zero-order chi connectivity index (χ0) is 9.90. The lowest BCUT2D eigenvalue weighted by Crippen LogP contribution is -2.17. The zero-order valence-corrected chi connectivity index (χ0v) is 10.1. The molecule has 0 unspecified atom stereocenters. The van der Waals surface area contributed by atoms with Gasteiger partial charge in [-0.3, -0.25) is 4.68 Å². The Bertz CT molecular complexity index is 266. The Morgan fingerprint density at radius 2 is 2.23 bits per heavy atom. The van der Waals surface area contributed by atoms with Crippen LogP contribution in [0.5, 0.6) is 0 Å². The third-order valence-corrected chi connectivity index (χ3v) is 3.56. The van der Waals surface area contributed by atoms with Crippen molar-refractivity contribution in [2.75, 3.05) is 5.33 Å². The number of alkyl halides is 1. The Hall–Kier alpha value is -0.310. The highest BCUT2D eigenvalue weighted by molar-refractivity contribution is 9.09. The smallest absolute Gasteiger partial charge is 0.0630 e. The molecule has 0 aliphatic rings. The molecule has 0 N–H and O–H groups in total. The molecule has 3 heteroatoms. The summed E-state index contributed by atoms with van der Waals surface area (Å²) in [6, 6.07) is 2.11. The highest BCUT2D eigenvalue weighted by Crippen LogP contribution is 2.22.